The number of anilines is 1. The Hall–Kier alpha value is -1.48. The summed E-state index contributed by atoms with van der Waals surface area (Å²) < 4.78 is 5.75. The van der Waals surface area contributed by atoms with Crippen molar-refractivity contribution >= 4 is 5.69 Å². The standard InChI is InChI=1S/C15H22N2O/c1-12(10-16-13-7-8-13)11-18-15-6-4-5-14(9-15)17(2)3/h4-6,9,13,16H,1,7-8,10-11H2,2-3H3. The van der Waals surface area contributed by atoms with Gasteiger partial charge in [-0.25, -0.2) is 0 Å². The van der Waals surface area contributed by atoms with Gasteiger partial charge in [0.2, 0.25) is 0 Å². The van der Waals surface area contributed by atoms with Crippen molar-refractivity contribution < 1.29 is 4.74 Å². The Labute approximate surface area is 109 Å². The van der Waals surface area contributed by atoms with Crippen molar-refractivity contribution in [1.82, 2.24) is 5.32 Å². The SMILES string of the molecule is C=C(CNC1CC1)COc1cccc(N(C)C)c1. The quantitative estimate of drug-likeness (QED) is 0.748. The number of hydrogen-bond acceptors (Lipinski definition) is 3. The Kier molecular flexibility index (Phi) is 4.26. The molecule has 0 aromatic heterocycles. The van der Waals surface area contributed by atoms with Crippen LogP contribution in [-0.4, -0.2) is 33.3 Å². The molecule has 2 rings (SSSR count). The Bertz CT molecular complexity index is 411. The second kappa shape index (κ2) is 5.91. The van der Waals surface area contributed by atoms with E-state index in [0.717, 1.165) is 29.6 Å². The van der Waals surface area contributed by atoms with Gasteiger partial charge in [0, 0.05) is 38.4 Å². The van der Waals surface area contributed by atoms with Gasteiger partial charge in [-0.2, -0.15) is 0 Å². The van der Waals surface area contributed by atoms with Crippen molar-refractivity contribution in [1.29, 1.82) is 0 Å². The second-order valence-corrected chi connectivity index (χ2v) is 5.09. The van der Waals surface area contributed by atoms with Crippen LogP contribution in [0.1, 0.15) is 12.8 Å². The molecule has 0 atom stereocenters. The molecule has 1 aromatic rings. The molecule has 0 saturated heterocycles. The van der Waals surface area contributed by atoms with Gasteiger partial charge in [0.1, 0.15) is 12.4 Å². The van der Waals surface area contributed by atoms with Gasteiger partial charge < -0.3 is 15.0 Å². The largest absolute Gasteiger partial charge is 0.489 e. The Balaban J connectivity index is 1.77. The van der Waals surface area contributed by atoms with Crippen LogP contribution in [0.3, 0.4) is 0 Å². The minimum absolute atomic E-state index is 0.580. The van der Waals surface area contributed by atoms with E-state index < -0.39 is 0 Å². The number of nitrogens with zero attached hydrogens (tertiary/aromatic N) is 1. The van der Waals surface area contributed by atoms with Crippen LogP contribution in [0.4, 0.5) is 5.69 Å². The monoisotopic (exact) mass is 246 g/mol. The van der Waals surface area contributed by atoms with Crippen LogP contribution < -0.4 is 15.0 Å². The summed E-state index contributed by atoms with van der Waals surface area (Å²) in [4.78, 5) is 2.07. The molecule has 0 amide bonds. The van der Waals surface area contributed by atoms with Crippen molar-refractivity contribution in [2.75, 3.05) is 32.1 Å². The van der Waals surface area contributed by atoms with E-state index in [2.05, 4.69) is 22.9 Å². The second-order valence-electron chi connectivity index (χ2n) is 5.09. The maximum atomic E-state index is 5.75. The molecule has 0 spiro atoms. The Morgan fingerprint density at radius 2 is 2.22 bits per heavy atom. The number of rotatable bonds is 7. The molecular formula is C15H22N2O. The first-order valence-electron chi connectivity index (χ1n) is 6.45. The van der Waals surface area contributed by atoms with Crippen molar-refractivity contribution in [3.63, 3.8) is 0 Å². The normalized spacial score (nSPS) is 14.3. The van der Waals surface area contributed by atoms with Crippen molar-refractivity contribution in [2.24, 2.45) is 0 Å². The molecule has 0 aliphatic heterocycles. The zero-order chi connectivity index (χ0) is 13.0. The zero-order valence-corrected chi connectivity index (χ0v) is 11.3. The first-order chi connectivity index (χ1) is 8.65. The van der Waals surface area contributed by atoms with Gasteiger partial charge in [-0.15, -0.1) is 0 Å². The highest BCUT2D eigenvalue weighted by Crippen LogP contribution is 2.20. The summed E-state index contributed by atoms with van der Waals surface area (Å²) in [5.41, 5.74) is 2.24. The van der Waals surface area contributed by atoms with E-state index in [9.17, 15) is 0 Å². The molecule has 0 heterocycles. The molecule has 18 heavy (non-hydrogen) atoms. The summed E-state index contributed by atoms with van der Waals surface area (Å²) in [5.74, 6) is 0.897. The van der Waals surface area contributed by atoms with Gasteiger partial charge >= 0.3 is 0 Å². The maximum Gasteiger partial charge on any atom is 0.121 e. The van der Waals surface area contributed by atoms with Crippen LogP contribution >= 0.6 is 0 Å². The summed E-state index contributed by atoms with van der Waals surface area (Å²) in [5, 5.41) is 3.43. The number of hydrogen-bond donors (Lipinski definition) is 1. The fraction of sp³-hybridized carbons (Fsp3) is 0.467. The minimum Gasteiger partial charge on any atom is -0.489 e. The first kappa shape index (κ1) is 13.0. The molecule has 1 aliphatic rings. The topological polar surface area (TPSA) is 24.5 Å². The molecular weight excluding hydrogens is 224 g/mol. The van der Waals surface area contributed by atoms with Gasteiger partial charge in [0.25, 0.3) is 0 Å². The third-order valence-corrected chi connectivity index (χ3v) is 3.00. The molecule has 3 nitrogen and oxygen atoms in total. The van der Waals surface area contributed by atoms with E-state index >= 15 is 0 Å². The van der Waals surface area contributed by atoms with E-state index in [1.807, 2.05) is 32.3 Å². The molecule has 1 fully saturated rings. The minimum atomic E-state index is 0.580. The Morgan fingerprint density at radius 1 is 1.44 bits per heavy atom. The van der Waals surface area contributed by atoms with Gasteiger partial charge in [0.15, 0.2) is 0 Å². The van der Waals surface area contributed by atoms with Crippen LogP contribution in [0, 0.1) is 0 Å². The highest BCUT2D eigenvalue weighted by atomic mass is 16.5. The van der Waals surface area contributed by atoms with Crippen LogP contribution in [-0.2, 0) is 0 Å². The molecule has 1 saturated carbocycles. The predicted molar refractivity (Wildman–Crippen MR) is 76.4 cm³/mol. The van der Waals surface area contributed by atoms with Gasteiger partial charge in [-0.1, -0.05) is 12.6 Å². The van der Waals surface area contributed by atoms with Crippen molar-refractivity contribution in [2.45, 2.75) is 18.9 Å². The fourth-order valence-electron chi connectivity index (χ4n) is 1.66. The molecule has 98 valence electrons. The number of ether oxygens (including phenoxy) is 1. The summed E-state index contributed by atoms with van der Waals surface area (Å²) in [7, 11) is 4.05. The van der Waals surface area contributed by atoms with E-state index in [0.29, 0.717) is 6.61 Å². The summed E-state index contributed by atoms with van der Waals surface area (Å²) >= 11 is 0. The van der Waals surface area contributed by atoms with Gasteiger partial charge in [-0.05, 0) is 30.5 Å². The first-order valence-corrected chi connectivity index (χ1v) is 6.45. The van der Waals surface area contributed by atoms with E-state index in [4.69, 9.17) is 4.74 Å². The molecule has 0 unspecified atom stereocenters. The highest BCUT2D eigenvalue weighted by molar-refractivity contribution is 5.49. The number of nitrogens with one attached hydrogen (secondary N) is 1. The molecule has 3 heteroatoms. The zero-order valence-electron chi connectivity index (χ0n) is 11.3. The molecule has 0 radical (unpaired) electrons. The van der Waals surface area contributed by atoms with Crippen LogP contribution in [0.15, 0.2) is 36.4 Å². The van der Waals surface area contributed by atoms with Crippen LogP contribution in [0.25, 0.3) is 0 Å². The van der Waals surface area contributed by atoms with E-state index in [1.165, 1.54) is 12.8 Å². The van der Waals surface area contributed by atoms with Crippen molar-refractivity contribution in [3.8, 4) is 5.75 Å². The average Bonchev–Trinajstić information content (AvgIpc) is 3.18. The third kappa shape index (κ3) is 4.08. The lowest BCUT2D eigenvalue weighted by Crippen LogP contribution is -2.21. The molecule has 0 bridgehead atoms. The van der Waals surface area contributed by atoms with Crippen LogP contribution in [0.5, 0.6) is 5.75 Å². The lowest BCUT2D eigenvalue weighted by atomic mass is 10.3. The van der Waals surface area contributed by atoms with Gasteiger partial charge in [0.05, 0.1) is 0 Å². The fourth-order valence-corrected chi connectivity index (χ4v) is 1.66. The summed E-state index contributed by atoms with van der Waals surface area (Å²) in [6.07, 6.45) is 2.61. The van der Waals surface area contributed by atoms with Crippen molar-refractivity contribution in [3.05, 3.63) is 36.4 Å². The lowest BCUT2D eigenvalue weighted by Gasteiger charge is -2.14. The summed E-state index contributed by atoms with van der Waals surface area (Å²) in [6.45, 7) is 5.47. The van der Waals surface area contributed by atoms with Crippen LogP contribution in [0.2, 0.25) is 0 Å². The summed E-state index contributed by atoms with van der Waals surface area (Å²) in [6, 6.07) is 8.82. The third-order valence-electron chi connectivity index (χ3n) is 3.00. The lowest BCUT2D eigenvalue weighted by molar-refractivity contribution is 0.348. The highest BCUT2D eigenvalue weighted by Gasteiger charge is 2.20. The number of benzene rings is 1. The smallest absolute Gasteiger partial charge is 0.121 e. The van der Waals surface area contributed by atoms with E-state index in [1.54, 1.807) is 0 Å². The Morgan fingerprint density at radius 3 is 2.89 bits per heavy atom. The average molecular weight is 246 g/mol. The van der Waals surface area contributed by atoms with Gasteiger partial charge in [-0.3, -0.25) is 0 Å². The molecule has 1 aliphatic carbocycles. The molecule has 1 aromatic carbocycles. The maximum absolute atomic E-state index is 5.75. The van der Waals surface area contributed by atoms with E-state index in [-0.39, 0.29) is 0 Å². The molecule has 1 N–H and O–H groups in total. The predicted octanol–water partition coefficient (Wildman–Crippen LogP) is 2.44.